The van der Waals surface area contributed by atoms with Crippen molar-refractivity contribution in [3.8, 4) is 0 Å². The van der Waals surface area contributed by atoms with Crippen LogP contribution in [0, 0.1) is 12.7 Å². The molecular weight excluding hydrogens is 245 g/mol. The quantitative estimate of drug-likeness (QED) is 0.733. The van der Waals surface area contributed by atoms with E-state index in [4.69, 9.17) is 11.6 Å². The van der Waals surface area contributed by atoms with E-state index in [0.717, 1.165) is 0 Å². The summed E-state index contributed by atoms with van der Waals surface area (Å²) in [7, 11) is 1.25. The molecule has 0 radical (unpaired) electrons. The maximum Gasteiger partial charge on any atom is 0.356 e. The van der Waals surface area contributed by atoms with Gasteiger partial charge in [0.15, 0.2) is 5.69 Å². The fourth-order valence-corrected chi connectivity index (χ4v) is 1.78. The molecule has 0 N–H and O–H groups in total. The number of carbonyl (C=O) groups excluding carboxylic acids is 1. The van der Waals surface area contributed by atoms with Crippen LogP contribution < -0.4 is 0 Å². The van der Waals surface area contributed by atoms with E-state index >= 15 is 0 Å². The number of hydrogen-bond acceptors (Lipinski definition) is 3. The number of ether oxygens (including phenoxy) is 1. The molecule has 1 heterocycles. The summed E-state index contributed by atoms with van der Waals surface area (Å²) in [4.78, 5) is 15.3. The normalized spacial score (nSPS) is 10.6. The lowest BCUT2D eigenvalue weighted by atomic mass is 10.1. The number of nitrogens with zero attached hydrogens (tertiary/aromatic N) is 1. The van der Waals surface area contributed by atoms with E-state index in [0.29, 0.717) is 21.5 Å². The molecule has 2 aromatic rings. The Morgan fingerprint density at radius 1 is 1.41 bits per heavy atom. The Labute approximate surface area is 102 Å². The molecule has 0 amide bonds. The summed E-state index contributed by atoms with van der Waals surface area (Å²) in [6, 6.07) is 4.26. The Morgan fingerprint density at radius 3 is 2.76 bits per heavy atom. The van der Waals surface area contributed by atoms with Crippen molar-refractivity contribution in [2.45, 2.75) is 6.92 Å². The molecule has 0 aliphatic rings. The zero-order valence-corrected chi connectivity index (χ0v) is 10.0. The highest BCUT2D eigenvalue weighted by molar-refractivity contribution is 6.35. The third-order valence-corrected chi connectivity index (χ3v) is 2.75. The van der Waals surface area contributed by atoms with Crippen LogP contribution in [0.2, 0.25) is 5.02 Å². The van der Waals surface area contributed by atoms with Gasteiger partial charge in [0.25, 0.3) is 0 Å². The summed E-state index contributed by atoms with van der Waals surface area (Å²) in [5.74, 6) is -0.988. The molecule has 0 fully saturated rings. The van der Waals surface area contributed by atoms with Crippen LogP contribution in [-0.4, -0.2) is 18.1 Å². The van der Waals surface area contributed by atoms with Gasteiger partial charge in [-0.3, -0.25) is 0 Å². The maximum atomic E-state index is 13.4. The van der Waals surface area contributed by atoms with Gasteiger partial charge in [-0.1, -0.05) is 11.6 Å². The van der Waals surface area contributed by atoms with Crippen LogP contribution in [0.3, 0.4) is 0 Å². The minimum Gasteiger partial charge on any atom is -0.464 e. The SMILES string of the molecule is COC(=O)c1cc(Cl)c2cc(C)c(F)cc2n1. The zero-order valence-electron chi connectivity index (χ0n) is 9.25. The summed E-state index contributed by atoms with van der Waals surface area (Å²) in [6.45, 7) is 1.64. The van der Waals surface area contributed by atoms with Crippen molar-refractivity contribution in [1.29, 1.82) is 0 Å². The number of pyridine rings is 1. The molecule has 0 unspecified atom stereocenters. The van der Waals surface area contributed by atoms with Gasteiger partial charge in [-0.25, -0.2) is 14.2 Å². The van der Waals surface area contributed by atoms with Crippen molar-refractivity contribution in [2.75, 3.05) is 7.11 Å². The molecule has 5 heteroatoms. The first-order valence-electron chi connectivity index (χ1n) is 4.87. The Bertz CT molecular complexity index is 613. The molecule has 0 saturated carbocycles. The number of benzene rings is 1. The first-order chi connectivity index (χ1) is 8.02. The van der Waals surface area contributed by atoms with Crippen molar-refractivity contribution < 1.29 is 13.9 Å². The lowest BCUT2D eigenvalue weighted by Crippen LogP contribution is -2.04. The average Bonchev–Trinajstić information content (AvgIpc) is 2.30. The minimum absolute atomic E-state index is 0.0632. The standard InChI is InChI=1S/C12H9ClFNO2/c1-6-3-7-8(13)4-11(12(16)17-2)15-10(7)5-9(6)14/h3-5H,1-2H3. The van der Waals surface area contributed by atoms with E-state index in [-0.39, 0.29) is 11.5 Å². The van der Waals surface area contributed by atoms with Crippen LogP contribution in [0.5, 0.6) is 0 Å². The van der Waals surface area contributed by atoms with Crippen LogP contribution in [0.15, 0.2) is 18.2 Å². The van der Waals surface area contributed by atoms with Gasteiger partial charge in [-0.05, 0) is 24.6 Å². The molecular formula is C12H9ClFNO2. The van der Waals surface area contributed by atoms with E-state index in [9.17, 15) is 9.18 Å². The summed E-state index contributed by atoms with van der Waals surface area (Å²) in [5, 5.41) is 0.955. The number of esters is 1. The molecule has 2 rings (SSSR count). The summed E-state index contributed by atoms with van der Waals surface area (Å²) in [5.41, 5.74) is 0.876. The summed E-state index contributed by atoms with van der Waals surface area (Å²) >= 11 is 6.02. The van der Waals surface area contributed by atoms with Gasteiger partial charge in [0.05, 0.1) is 17.6 Å². The van der Waals surface area contributed by atoms with Crippen LogP contribution in [0.4, 0.5) is 4.39 Å². The predicted octanol–water partition coefficient (Wildman–Crippen LogP) is 3.12. The number of rotatable bonds is 1. The van der Waals surface area contributed by atoms with Gasteiger partial charge in [0, 0.05) is 11.5 Å². The fourth-order valence-electron chi connectivity index (χ4n) is 1.52. The molecule has 1 aromatic heterocycles. The maximum absolute atomic E-state index is 13.4. The number of aryl methyl sites for hydroxylation is 1. The third-order valence-electron chi connectivity index (χ3n) is 2.43. The molecule has 0 atom stereocenters. The van der Waals surface area contributed by atoms with E-state index in [1.54, 1.807) is 13.0 Å². The topological polar surface area (TPSA) is 39.2 Å². The minimum atomic E-state index is -0.602. The van der Waals surface area contributed by atoms with Crippen LogP contribution in [0.25, 0.3) is 10.9 Å². The number of aromatic nitrogens is 1. The third kappa shape index (κ3) is 2.08. The van der Waals surface area contributed by atoms with Gasteiger partial charge >= 0.3 is 5.97 Å². The highest BCUT2D eigenvalue weighted by atomic mass is 35.5. The largest absolute Gasteiger partial charge is 0.464 e. The van der Waals surface area contributed by atoms with Gasteiger partial charge in [0.1, 0.15) is 5.82 Å². The van der Waals surface area contributed by atoms with Crippen molar-refractivity contribution >= 4 is 28.5 Å². The summed E-state index contributed by atoms with van der Waals surface area (Å²) in [6.07, 6.45) is 0. The Morgan fingerprint density at radius 2 is 2.12 bits per heavy atom. The van der Waals surface area contributed by atoms with E-state index < -0.39 is 5.97 Å². The first kappa shape index (κ1) is 11.8. The molecule has 3 nitrogen and oxygen atoms in total. The van der Waals surface area contributed by atoms with Gasteiger partial charge < -0.3 is 4.74 Å². The molecule has 0 saturated heterocycles. The zero-order chi connectivity index (χ0) is 12.6. The van der Waals surface area contributed by atoms with E-state index in [1.165, 1.54) is 19.2 Å². The number of hydrogen-bond donors (Lipinski definition) is 0. The molecule has 88 valence electrons. The number of fused-ring (bicyclic) bond motifs is 1. The van der Waals surface area contributed by atoms with E-state index in [2.05, 4.69) is 9.72 Å². The van der Waals surface area contributed by atoms with Gasteiger partial charge in [-0.15, -0.1) is 0 Å². The first-order valence-corrected chi connectivity index (χ1v) is 5.25. The monoisotopic (exact) mass is 253 g/mol. The molecule has 0 spiro atoms. The van der Waals surface area contributed by atoms with Crippen molar-refractivity contribution in [3.05, 3.63) is 40.3 Å². The molecule has 1 aromatic carbocycles. The van der Waals surface area contributed by atoms with Gasteiger partial charge in [0.2, 0.25) is 0 Å². The van der Waals surface area contributed by atoms with Gasteiger partial charge in [-0.2, -0.15) is 0 Å². The van der Waals surface area contributed by atoms with Crippen LogP contribution in [-0.2, 0) is 4.74 Å². The van der Waals surface area contributed by atoms with Crippen LogP contribution in [0.1, 0.15) is 16.1 Å². The molecule has 17 heavy (non-hydrogen) atoms. The number of carbonyl (C=O) groups is 1. The molecule has 0 aliphatic heterocycles. The lowest BCUT2D eigenvalue weighted by Gasteiger charge is -2.05. The second kappa shape index (κ2) is 4.30. The summed E-state index contributed by atoms with van der Waals surface area (Å²) < 4.78 is 17.9. The molecule has 0 bridgehead atoms. The van der Waals surface area contributed by atoms with Crippen molar-refractivity contribution in [2.24, 2.45) is 0 Å². The Kier molecular flexibility index (Phi) is 2.98. The Hall–Kier alpha value is -1.68. The molecule has 0 aliphatic carbocycles. The smallest absolute Gasteiger partial charge is 0.356 e. The Balaban J connectivity index is 2.73. The lowest BCUT2D eigenvalue weighted by molar-refractivity contribution is 0.0594. The fraction of sp³-hybridized carbons (Fsp3) is 0.167. The van der Waals surface area contributed by atoms with Crippen LogP contribution >= 0.6 is 11.6 Å². The average molecular weight is 254 g/mol. The van der Waals surface area contributed by atoms with Crippen molar-refractivity contribution in [3.63, 3.8) is 0 Å². The second-order valence-electron chi connectivity index (χ2n) is 3.60. The number of methoxy groups -OCH3 is 1. The number of halogens is 2. The highest BCUT2D eigenvalue weighted by Crippen LogP contribution is 2.25. The van der Waals surface area contributed by atoms with Crippen molar-refractivity contribution in [1.82, 2.24) is 4.98 Å². The predicted molar refractivity (Wildman–Crippen MR) is 62.8 cm³/mol. The van der Waals surface area contributed by atoms with E-state index in [1.807, 2.05) is 0 Å². The highest BCUT2D eigenvalue weighted by Gasteiger charge is 2.12. The second-order valence-corrected chi connectivity index (χ2v) is 4.01.